The van der Waals surface area contributed by atoms with E-state index in [2.05, 4.69) is 0 Å². The molecule has 0 heterocycles. The second-order valence-electron chi connectivity index (χ2n) is 3.16. The van der Waals surface area contributed by atoms with Gasteiger partial charge in [0.05, 0.1) is 19.8 Å². The van der Waals surface area contributed by atoms with Crippen LogP contribution in [0.5, 0.6) is 0 Å². The molecular formula is C10H16O5. The monoisotopic (exact) mass is 216 g/mol. The van der Waals surface area contributed by atoms with Crippen LogP contribution in [0.3, 0.4) is 0 Å². The van der Waals surface area contributed by atoms with Gasteiger partial charge in [-0.3, -0.25) is 0 Å². The summed E-state index contributed by atoms with van der Waals surface area (Å²) in [6, 6.07) is 0. The molecule has 4 N–H and O–H groups in total. The highest BCUT2D eigenvalue weighted by molar-refractivity contribution is 5.86. The van der Waals surface area contributed by atoms with Crippen LogP contribution in [0.4, 0.5) is 0 Å². The van der Waals surface area contributed by atoms with Crippen LogP contribution in [0.25, 0.3) is 0 Å². The molecule has 0 rings (SSSR count). The molecule has 0 spiro atoms. The summed E-state index contributed by atoms with van der Waals surface area (Å²) in [6.07, 6.45) is 2.76. The Bertz CT molecular complexity index is 263. The van der Waals surface area contributed by atoms with E-state index in [4.69, 9.17) is 20.4 Å². The van der Waals surface area contributed by atoms with Gasteiger partial charge in [-0.2, -0.15) is 0 Å². The second-order valence-corrected chi connectivity index (χ2v) is 3.16. The van der Waals surface area contributed by atoms with E-state index in [9.17, 15) is 4.79 Å². The summed E-state index contributed by atoms with van der Waals surface area (Å²) in [5.74, 6) is -1.55. The van der Waals surface area contributed by atoms with Crippen molar-refractivity contribution < 1.29 is 25.2 Å². The van der Waals surface area contributed by atoms with Crippen molar-refractivity contribution in [2.24, 2.45) is 5.92 Å². The summed E-state index contributed by atoms with van der Waals surface area (Å²) >= 11 is 0. The first-order valence-electron chi connectivity index (χ1n) is 4.50. The fourth-order valence-electron chi connectivity index (χ4n) is 0.952. The Morgan fingerprint density at radius 1 is 1.27 bits per heavy atom. The van der Waals surface area contributed by atoms with Gasteiger partial charge < -0.3 is 20.4 Å². The summed E-state index contributed by atoms with van der Waals surface area (Å²) in [6.45, 7) is 0.569. The van der Waals surface area contributed by atoms with E-state index in [0.717, 1.165) is 0 Å². The van der Waals surface area contributed by atoms with Crippen molar-refractivity contribution in [3.63, 3.8) is 0 Å². The third-order valence-corrected chi connectivity index (χ3v) is 1.84. The minimum absolute atomic E-state index is 0.0879. The molecule has 15 heavy (non-hydrogen) atoms. The van der Waals surface area contributed by atoms with Gasteiger partial charge in [-0.25, -0.2) is 4.79 Å². The number of carboxylic acid groups (broad SMARTS) is 1. The first-order valence-corrected chi connectivity index (χ1v) is 4.50. The molecule has 0 aliphatic heterocycles. The van der Waals surface area contributed by atoms with E-state index >= 15 is 0 Å². The fraction of sp³-hybridized carbons (Fsp3) is 0.500. The topological polar surface area (TPSA) is 98.0 Å². The van der Waals surface area contributed by atoms with Crippen molar-refractivity contribution in [1.29, 1.82) is 0 Å². The van der Waals surface area contributed by atoms with Gasteiger partial charge >= 0.3 is 5.97 Å². The lowest BCUT2D eigenvalue weighted by molar-refractivity contribution is -0.132. The van der Waals surface area contributed by atoms with Gasteiger partial charge in [0.2, 0.25) is 0 Å². The van der Waals surface area contributed by atoms with E-state index in [-0.39, 0.29) is 25.4 Å². The predicted octanol–water partition coefficient (Wildman–Crippen LogP) is -0.463. The standard InChI is InChI=1S/C10H16O5/c1-7(10(14)15)2-8(4-11)3-9(5-12)6-13/h2-3,9,11-13H,4-6H2,1H3,(H,14,15). The summed E-state index contributed by atoms with van der Waals surface area (Å²) in [5.41, 5.74) is 0.452. The van der Waals surface area contributed by atoms with E-state index in [0.29, 0.717) is 5.57 Å². The van der Waals surface area contributed by atoms with Crippen LogP contribution in [0.2, 0.25) is 0 Å². The summed E-state index contributed by atoms with van der Waals surface area (Å²) in [7, 11) is 0. The third-order valence-electron chi connectivity index (χ3n) is 1.84. The molecule has 5 heteroatoms. The zero-order valence-corrected chi connectivity index (χ0v) is 8.55. The Kier molecular flexibility index (Phi) is 6.61. The normalized spacial score (nSPS) is 13.4. The average Bonchev–Trinajstić information content (AvgIpc) is 2.23. The van der Waals surface area contributed by atoms with E-state index in [1.807, 2.05) is 0 Å². The van der Waals surface area contributed by atoms with Crippen LogP contribution in [0, 0.1) is 5.92 Å². The lowest BCUT2D eigenvalue weighted by Crippen LogP contribution is -2.09. The average molecular weight is 216 g/mol. The molecule has 0 aromatic rings. The minimum Gasteiger partial charge on any atom is -0.478 e. The highest BCUT2D eigenvalue weighted by atomic mass is 16.4. The molecule has 0 radical (unpaired) electrons. The first-order chi connectivity index (χ1) is 7.04. The summed E-state index contributed by atoms with van der Waals surface area (Å²) in [4.78, 5) is 10.5. The van der Waals surface area contributed by atoms with E-state index in [1.54, 1.807) is 0 Å². The summed E-state index contributed by atoms with van der Waals surface area (Å²) in [5, 5.41) is 35.1. The van der Waals surface area contributed by atoms with Crippen molar-refractivity contribution in [2.75, 3.05) is 19.8 Å². The van der Waals surface area contributed by atoms with Gasteiger partial charge in [0, 0.05) is 11.5 Å². The SMILES string of the molecule is CC(=CC(=CC(CO)CO)CO)C(=O)O. The van der Waals surface area contributed by atoms with Gasteiger partial charge in [0.1, 0.15) is 0 Å². The molecule has 0 saturated heterocycles. The van der Waals surface area contributed by atoms with E-state index in [1.165, 1.54) is 19.1 Å². The molecule has 0 aromatic carbocycles. The number of hydrogen-bond donors (Lipinski definition) is 4. The number of rotatable bonds is 6. The molecule has 0 fully saturated rings. The van der Waals surface area contributed by atoms with Crippen LogP contribution < -0.4 is 0 Å². The minimum atomic E-state index is -1.07. The quantitative estimate of drug-likeness (QED) is 0.355. The van der Waals surface area contributed by atoms with Crippen LogP contribution in [-0.4, -0.2) is 46.2 Å². The molecule has 5 nitrogen and oxygen atoms in total. The molecule has 0 atom stereocenters. The van der Waals surface area contributed by atoms with Crippen molar-refractivity contribution in [1.82, 2.24) is 0 Å². The second kappa shape index (κ2) is 7.17. The molecule has 86 valence electrons. The predicted molar refractivity (Wildman–Crippen MR) is 54.2 cm³/mol. The van der Waals surface area contributed by atoms with Crippen LogP contribution in [0.1, 0.15) is 6.92 Å². The molecule has 0 aromatic heterocycles. The van der Waals surface area contributed by atoms with Gasteiger partial charge in [-0.15, -0.1) is 0 Å². The lowest BCUT2D eigenvalue weighted by Gasteiger charge is -2.06. The van der Waals surface area contributed by atoms with Crippen LogP contribution in [-0.2, 0) is 4.79 Å². The zero-order valence-electron chi connectivity index (χ0n) is 8.55. The largest absolute Gasteiger partial charge is 0.478 e. The number of carboxylic acids is 1. The Morgan fingerprint density at radius 3 is 2.13 bits per heavy atom. The molecule has 0 aliphatic rings. The smallest absolute Gasteiger partial charge is 0.331 e. The summed E-state index contributed by atoms with van der Waals surface area (Å²) < 4.78 is 0. The van der Waals surface area contributed by atoms with Gasteiger partial charge in [0.25, 0.3) is 0 Å². The number of hydrogen-bond acceptors (Lipinski definition) is 4. The van der Waals surface area contributed by atoms with Crippen molar-refractivity contribution in [3.8, 4) is 0 Å². The van der Waals surface area contributed by atoms with Gasteiger partial charge in [-0.05, 0) is 18.6 Å². The Balaban J connectivity index is 4.75. The fourth-order valence-corrected chi connectivity index (χ4v) is 0.952. The Hall–Kier alpha value is -1.17. The molecule has 0 amide bonds. The third kappa shape index (κ3) is 5.31. The van der Waals surface area contributed by atoms with Crippen molar-refractivity contribution >= 4 is 5.97 Å². The molecule has 0 aliphatic carbocycles. The van der Waals surface area contributed by atoms with Crippen LogP contribution >= 0.6 is 0 Å². The van der Waals surface area contributed by atoms with Gasteiger partial charge in [0.15, 0.2) is 0 Å². The van der Waals surface area contributed by atoms with E-state index < -0.39 is 11.9 Å². The number of aliphatic hydroxyl groups excluding tert-OH is 3. The maximum atomic E-state index is 10.5. The van der Waals surface area contributed by atoms with Crippen molar-refractivity contribution in [3.05, 3.63) is 23.3 Å². The van der Waals surface area contributed by atoms with Crippen molar-refractivity contribution in [2.45, 2.75) is 6.92 Å². The zero-order chi connectivity index (χ0) is 11.8. The lowest BCUT2D eigenvalue weighted by atomic mass is 10.1. The molecule has 0 unspecified atom stereocenters. The number of carbonyl (C=O) groups is 1. The number of aliphatic hydroxyl groups is 3. The van der Waals surface area contributed by atoms with Crippen LogP contribution in [0.15, 0.2) is 23.3 Å². The molecule has 0 bridgehead atoms. The number of aliphatic carboxylic acids is 1. The highest BCUT2D eigenvalue weighted by Crippen LogP contribution is 2.07. The molecule has 0 saturated carbocycles. The Morgan fingerprint density at radius 2 is 1.80 bits per heavy atom. The Labute approximate surface area is 88.0 Å². The highest BCUT2D eigenvalue weighted by Gasteiger charge is 2.05. The maximum Gasteiger partial charge on any atom is 0.331 e. The molecular weight excluding hydrogens is 200 g/mol. The van der Waals surface area contributed by atoms with Gasteiger partial charge in [-0.1, -0.05) is 6.08 Å². The first kappa shape index (κ1) is 13.8. The maximum absolute atomic E-state index is 10.5.